The van der Waals surface area contributed by atoms with Gasteiger partial charge in [-0.3, -0.25) is 0 Å². The van der Waals surface area contributed by atoms with Gasteiger partial charge in [-0.2, -0.15) is 0 Å². The van der Waals surface area contributed by atoms with Gasteiger partial charge in [0, 0.05) is 18.3 Å². The van der Waals surface area contributed by atoms with E-state index in [-0.39, 0.29) is 11.6 Å². The molecule has 1 aromatic rings. The molecular weight excluding hydrogens is 274 g/mol. The second kappa shape index (κ2) is 6.59. The predicted octanol–water partition coefficient (Wildman–Crippen LogP) is 2.64. The van der Waals surface area contributed by atoms with Crippen molar-refractivity contribution in [3.8, 4) is 5.75 Å². The van der Waals surface area contributed by atoms with Gasteiger partial charge in [-0.1, -0.05) is 6.92 Å². The topological polar surface area (TPSA) is 55.4 Å². The van der Waals surface area contributed by atoms with Crippen molar-refractivity contribution in [1.82, 2.24) is 5.32 Å². The molecule has 0 saturated carbocycles. The number of rotatable bonds is 6. The van der Waals surface area contributed by atoms with Crippen molar-refractivity contribution in [1.29, 1.82) is 0 Å². The summed E-state index contributed by atoms with van der Waals surface area (Å²) in [6, 6.07) is 6.56. The second-order valence-electron chi connectivity index (χ2n) is 6.02. The molecule has 0 fully saturated rings. The molecule has 0 heterocycles. The normalized spacial score (nSPS) is 14.1. The van der Waals surface area contributed by atoms with Crippen LogP contribution in [0.2, 0.25) is 0 Å². The predicted molar refractivity (Wildman–Crippen MR) is 82.0 cm³/mol. The Morgan fingerprint density at radius 3 is 2.15 bits per heavy atom. The van der Waals surface area contributed by atoms with E-state index in [0.717, 1.165) is 13.0 Å². The Kier molecular flexibility index (Phi) is 5.59. The lowest BCUT2D eigenvalue weighted by molar-refractivity contribution is 0.181. The highest BCUT2D eigenvalue weighted by atomic mass is 32.2. The summed E-state index contributed by atoms with van der Waals surface area (Å²) in [5.41, 5.74) is 0.0525. The maximum absolute atomic E-state index is 11.4. The van der Waals surface area contributed by atoms with E-state index < -0.39 is 9.84 Å². The summed E-state index contributed by atoms with van der Waals surface area (Å²) in [7, 11) is -3.15. The Hall–Kier alpha value is -1.07. The maximum Gasteiger partial charge on any atom is 0.175 e. The van der Waals surface area contributed by atoms with Crippen molar-refractivity contribution in [2.24, 2.45) is 0 Å². The summed E-state index contributed by atoms with van der Waals surface area (Å²) in [5.74, 6) is 0.694. The van der Waals surface area contributed by atoms with Crippen LogP contribution in [0.1, 0.15) is 34.1 Å². The molecule has 0 bridgehead atoms. The highest BCUT2D eigenvalue weighted by Crippen LogP contribution is 2.18. The standard InChI is InChI=1S/C15H25NO3S/c1-6-12(11-16-15(2,3)4)19-13-7-9-14(10-8-13)20(5,17)18/h7-10,12,16H,6,11H2,1-5H3. The fourth-order valence-corrected chi connectivity index (χ4v) is 2.28. The summed E-state index contributed by atoms with van der Waals surface area (Å²) in [6.45, 7) is 9.16. The van der Waals surface area contributed by atoms with Crippen LogP contribution >= 0.6 is 0 Å². The van der Waals surface area contributed by atoms with Crippen LogP contribution in [0.3, 0.4) is 0 Å². The third-order valence-corrected chi connectivity index (χ3v) is 4.00. The van der Waals surface area contributed by atoms with Crippen LogP contribution in [0.15, 0.2) is 29.2 Å². The molecule has 1 unspecified atom stereocenters. The molecule has 0 aliphatic rings. The largest absolute Gasteiger partial charge is 0.489 e. The SMILES string of the molecule is CCC(CNC(C)(C)C)Oc1ccc(S(C)(=O)=O)cc1. The van der Waals surface area contributed by atoms with Crippen LogP contribution in [0.4, 0.5) is 0 Å². The molecule has 114 valence electrons. The number of hydrogen-bond acceptors (Lipinski definition) is 4. The average molecular weight is 299 g/mol. The highest BCUT2D eigenvalue weighted by molar-refractivity contribution is 7.90. The molecule has 0 amide bonds. The zero-order valence-corrected chi connectivity index (χ0v) is 13.8. The molecule has 0 aliphatic heterocycles. The van der Waals surface area contributed by atoms with Crippen molar-refractivity contribution in [3.63, 3.8) is 0 Å². The van der Waals surface area contributed by atoms with E-state index in [4.69, 9.17) is 4.74 Å². The van der Waals surface area contributed by atoms with Crippen LogP contribution in [0.5, 0.6) is 5.75 Å². The first-order valence-electron chi connectivity index (χ1n) is 6.83. The van der Waals surface area contributed by atoms with Crippen molar-refractivity contribution in [3.05, 3.63) is 24.3 Å². The van der Waals surface area contributed by atoms with Crippen molar-refractivity contribution in [2.45, 2.75) is 50.7 Å². The van der Waals surface area contributed by atoms with Gasteiger partial charge in [-0.15, -0.1) is 0 Å². The zero-order chi connectivity index (χ0) is 15.4. The Balaban J connectivity index is 2.66. The van der Waals surface area contributed by atoms with E-state index in [1.54, 1.807) is 24.3 Å². The van der Waals surface area contributed by atoms with Gasteiger partial charge in [0.2, 0.25) is 0 Å². The van der Waals surface area contributed by atoms with Gasteiger partial charge >= 0.3 is 0 Å². The van der Waals surface area contributed by atoms with Crippen molar-refractivity contribution >= 4 is 9.84 Å². The average Bonchev–Trinajstić information content (AvgIpc) is 2.33. The molecule has 0 spiro atoms. The monoisotopic (exact) mass is 299 g/mol. The van der Waals surface area contributed by atoms with E-state index >= 15 is 0 Å². The summed E-state index contributed by atoms with van der Waals surface area (Å²) in [5, 5.41) is 3.41. The zero-order valence-electron chi connectivity index (χ0n) is 12.9. The molecule has 1 rings (SSSR count). The summed E-state index contributed by atoms with van der Waals surface area (Å²) in [4.78, 5) is 0.311. The molecular formula is C15H25NO3S. The Morgan fingerprint density at radius 1 is 1.20 bits per heavy atom. The molecule has 4 nitrogen and oxygen atoms in total. The number of benzene rings is 1. The number of nitrogens with one attached hydrogen (secondary N) is 1. The summed E-state index contributed by atoms with van der Waals surface area (Å²) >= 11 is 0. The number of ether oxygens (including phenoxy) is 1. The van der Waals surface area contributed by atoms with Crippen LogP contribution in [-0.4, -0.2) is 32.9 Å². The summed E-state index contributed by atoms with van der Waals surface area (Å²) < 4.78 is 28.6. The second-order valence-corrected chi connectivity index (χ2v) is 8.04. The maximum atomic E-state index is 11.4. The molecule has 0 radical (unpaired) electrons. The molecule has 5 heteroatoms. The Bertz CT molecular complexity index is 515. The van der Waals surface area contributed by atoms with Gasteiger partial charge in [0.05, 0.1) is 4.90 Å². The summed E-state index contributed by atoms with van der Waals surface area (Å²) in [6.07, 6.45) is 2.15. The lowest BCUT2D eigenvalue weighted by Gasteiger charge is -2.25. The third-order valence-electron chi connectivity index (χ3n) is 2.87. The van der Waals surface area contributed by atoms with Crippen molar-refractivity contribution in [2.75, 3.05) is 12.8 Å². The molecule has 1 N–H and O–H groups in total. The molecule has 20 heavy (non-hydrogen) atoms. The minimum atomic E-state index is -3.15. The van der Waals surface area contributed by atoms with E-state index in [1.165, 1.54) is 6.26 Å². The first kappa shape index (κ1) is 17.0. The van der Waals surface area contributed by atoms with Gasteiger partial charge in [0.1, 0.15) is 11.9 Å². The van der Waals surface area contributed by atoms with Gasteiger partial charge < -0.3 is 10.1 Å². The Labute approximate surface area is 122 Å². The lowest BCUT2D eigenvalue weighted by Crippen LogP contribution is -2.42. The van der Waals surface area contributed by atoms with Gasteiger partial charge in [0.25, 0.3) is 0 Å². The highest BCUT2D eigenvalue weighted by Gasteiger charge is 2.14. The minimum Gasteiger partial charge on any atom is -0.489 e. The number of sulfone groups is 1. The Morgan fingerprint density at radius 2 is 1.75 bits per heavy atom. The third kappa shape index (κ3) is 5.92. The van der Waals surface area contributed by atoms with Gasteiger partial charge in [0.15, 0.2) is 9.84 Å². The van der Waals surface area contributed by atoms with E-state index in [2.05, 4.69) is 33.0 Å². The number of hydrogen-bond donors (Lipinski definition) is 1. The molecule has 0 aromatic heterocycles. The van der Waals surface area contributed by atoms with E-state index in [9.17, 15) is 8.42 Å². The first-order valence-corrected chi connectivity index (χ1v) is 8.73. The van der Waals surface area contributed by atoms with Crippen molar-refractivity contribution < 1.29 is 13.2 Å². The molecule has 0 aliphatic carbocycles. The van der Waals surface area contributed by atoms with Gasteiger partial charge in [-0.05, 0) is 51.5 Å². The fraction of sp³-hybridized carbons (Fsp3) is 0.600. The molecule has 1 atom stereocenters. The minimum absolute atomic E-state index is 0.0525. The van der Waals surface area contributed by atoms with E-state index in [0.29, 0.717) is 10.6 Å². The lowest BCUT2D eigenvalue weighted by atomic mass is 10.1. The quantitative estimate of drug-likeness (QED) is 0.877. The molecule has 1 aromatic carbocycles. The molecule has 0 saturated heterocycles. The van der Waals surface area contributed by atoms with Gasteiger partial charge in [-0.25, -0.2) is 8.42 Å². The van der Waals surface area contributed by atoms with Crippen LogP contribution < -0.4 is 10.1 Å². The van der Waals surface area contributed by atoms with Crippen LogP contribution in [0, 0.1) is 0 Å². The fourth-order valence-electron chi connectivity index (χ4n) is 1.65. The first-order chi connectivity index (χ1) is 9.12. The van der Waals surface area contributed by atoms with E-state index in [1.807, 2.05) is 0 Å². The smallest absolute Gasteiger partial charge is 0.175 e. The van der Waals surface area contributed by atoms with Crippen LogP contribution in [-0.2, 0) is 9.84 Å². The van der Waals surface area contributed by atoms with Crippen LogP contribution in [0.25, 0.3) is 0 Å².